The predicted octanol–water partition coefficient (Wildman–Crippen LogP) is 2.40. The first-order valence-electron chi connectivity index (χ1n) is 10.4. The Kier molecular flexibility index (Phi) is 7.85. The smallest absolute Gasteiger partial charge is 0.437 e. The van der Waals surface area contributed by atoms with E-state index in [0.29, 0.717) is 29.6 Å². The number of ether oxygens (including phenoxy) is 2. The second kappa shape index (κ2) is 11.0. The number of methoxy groups -OCH3 is 1. The summed E-state index contributed by atoms with van der Waals surface area (Å²) in [5.41, 5.74) is 5.41. The molecule has 1 heterocycles. The summed E-state index contributed by atoms with van der Waals surface area (Å²) in [5, 5.41) is 4.01. The molecular formula is C23H26N4O6. The molecule has 174 valence electrons. The van der Waals surface area contributed by atoms with Crippen LogP contribution in [0.5, 0.6) is 11.5 Å². The maximum absolute atomic E-state index is 12.4. The Bertz CT molecular complexity index is 1150. The minimum Gasteiger partial charge on any atom is -0.493 e. The molecule has 1 aromatic heterocycles. The van der Waals surface area contributed by atoms with E-state index >= 15 is 0 Å². The van der Waals surface area contributed by atoms with Crippen LogP contribution in [0.15, 0.2) is 57.7 Å². The van der Waals surface area contributed by atoms with Crippen molar-refractivity contribution in [2.75, 3.05) is 13.7 Å². The summed E-state index contributed by atoms with van der Waals surface area (Å²) in [4.78, 5) is 36.6. The van der Waals surface area contributed by atoms with E-state index in [-0.39, 0.29) is 11.5 Å². The van der Waals surface area contributed by atoms with Crippen LogP contribution >= 0.6 is 0 Å². The van der Waals surface area contributed by atoms with Crippen molar-refractivity contribution in [1.82, 2.24) is 20.6 Å². The molecule has 0 aliphatic carbocycles. The van der Waals surface area contributed by atoms with E-state index < -0.39 is 24.1 Å². The van der Waals surface area contributed by atoms with Crippen molar-refractivity contribution in [3.05, 3.63) is 64.6 Å². The van der Waals surface area contributed by atoms with Gasteiger partial charge in [-0.15, -0.1) is 5.10 Å². The first-order chi connectivity index (χ1) is 15.9. The zero-order chi connectivity index (χ0) is 23.8. The molecule has 0 aliphatic heterocycles. The second-order valence-corrected chi connectivity index (χ2v) is 7.60. The van der Waals surface area contributed by atoms with Crippen LogP contribution in [-0.4, -0.2) is 35.3 Å². The highest BCUT2D eigenvalue weighted by molar-refractivity contribution is 5.96. The van der Waals surface area contributed by atoms with Crippen LogP contribution in [0.1, 0.15) is 30.6 Å². The number of carbonyl (C=O) groups excluding carboxylic acids is 2. The fourth-order valence-electron chi connectivity index (χ4n) is 2.81. The third-order valence-corrected chi connectivity index (χ3v) is 4.61. The Balaban J connectivity index is 1.57. The van der Waals surface area contributed by atoms with Crippen LogP contribution in [0.4, 0.5) is 0 Å². The van der Waals surface area contributed by atoms with Gasteiger partial charge in [0.15, 0.2) is 11.5 Å². The Hall–Kier alpha value is -4.08. The monoisotopic (exact) mass is 454 g/mol. The van der Waals surface area contributed by atoms with E-state index in [1.54, 1.807) is 36.4 Å². The number of hydrazine groups is 1. The number of hydrogen-bond donors (Lipinski definition) is 2. The Morgan fingerprint density at radius 1 is 1.09 bits per heavy atom. The quantitative estimate of drug-likeness (QED) is 0.476. The summed E-state index contributed by atoms with van der Waals surface area (Å²) in [7, 11) is 1.48. The maximum Gasteiger partial charge on any atom is 0.437 e. The molecule has 0 radical (unpaired) electrons. The molecule has 10 nitrogen and oxygen atoms in total. The first kappa shape index (κ1) is 23.6. The normalized spacial score (nSPS) is 10.7. The van der Waals surface area contributed by atoms with Crippen LogP contribution in [0.25, 0.3) is 11.5 Å². The van der Waals surface area contributed by atoms with E-state index in [1.165, 1.54) is 13.2 Å². The largest absolute Gasteiger partial charge is 0.493 e. The number of aromatic nitrogens is 2. The highest BCUT2D eigenvalue weighted by Gasteiger charge is 2.15. The molecule has 0 aliphatic rings. The lowest BCUT2D eigenvalue weighted by molar-refractivity contribution is -0.122. The summed E-state index contributed by atoms with van der Waals surface area (Å²) in [6.45, 7) is 4.30. The number of nitrogens with zero attached hydrogens (tertiary/aromatic N) is 2. The van der Waals surface area contributed by atoms with Gasteiger partial charge in [0.2, 0.25) is 5.89 Å². The van der Waals surface area contributed by atoms with Gasteiger partial charge in [0, 0.05) is 11.1 Å². The Morgan fingerprint density at radius 2 is 1.85 bits per heavy atom. The van der Waals surface area contributed by atoms with Gasteiger partial charge in [-0.2, -0.15) is 4.68 Å². The third kappa shape index (κ3) is 6.45. The number of nitrogens with one attached hydrogen (secondary N) is 2. The topological polar surface area (TPSA) is 125 Å². The SMILES string of the molecule is COc1cc(C(=O)NNC(=O)Cn2nc(-c3ccccc3)oc2=O)ccc1OCCC(C)C. The molecule has 33 heavy (non-hydrogen) atoms. The number of hydrogen-bond acceptors (Lipinski definition) is 7. The number of rotatable bonds is 9. The van der Waals surface area contributed by atoms with Crippen LogP contribution in [0.3, 0.4) is 0 Å². The molecule has 2 N–H and O–H groups in total. The predicted molar refractivity (Wildman–Crippen MR) is 120 cm³/mol. The lowest BCUT2D eigenvalue weighted by Crippen LogP contribution is -2.44. The van der Waals surface area contributed by atoms with Crippen molar-refractivity contribution >= 4 is 11.8 Å². The van der Waals surface area contributed by atoms with E-state index in [1.807, 2.05) is 6.07 Å². The molecule has 0 saturated carbocycles. The minimum absolute atomic E-state index is 0.0974. The van der Waals surface area contributed by atoms with E-state index in [9.17, 15) is 14.4 Å². The molecule has 0 fully saturated rings. The zero-order valence-corrected chi connectivity index (χ0v) is 18.7. The van der Waals surface area contributed by atoms with Crippen molar-refractivity contribution < 1.29 is 23.5 Å². The number of amides is 2. The molecule has 0 spiro atoms. The summed E-state index contributed by atoms with van der Waals surface area (Å²) in [6, 6.07) is 13.5. The molecule has 10 heteroatoms. The van der Waals surface area contributed by atoms with Gasteiger partial charge in [-0.05, 0) is 42.7 Å². The average molecular weight is 454 g/mol. The number of benzene rings is 2. The molecule has 0 saturated heterocycles. The van der Waals surface area contributed by atoms with Crippen LogP contribution in [-0.2, 0) is 11.3 Å². The molecule has 2 amide bonds. The first-order valence-corrected chi connectivity index (χ1v) is 10.4. The standard InChI is InChI=1S/C23H26N4O6/c1-15(2)11-12-32-18-10-9-17(13-19(18)31-3)21(29)25-24-20(28)14-27-23(30)33-22(26-27)16-7-5-4-6-8-16/h4-10,13,15H,11-12,14H2,1-3H3,(H,24,28)(H,25,29). The minimum atomic E-state index is -0.784. The lowest BCUT2D eigenvalue weighted by atomic mass is 10.1. The maximum atomic E-state index is 12.4. The average Bonchev–Trinajstić information content (AvgIpc) is 3.18. The summed E-state index contributed by atoms with van der Waals surface area (Å²) < 4.78 is 17.0. The third-order valence-electron chi connectivity index (χ3n) is 4.61. The second-order valence-electron chi connectivity index (χ2n) is 7.60. The molecule has 2 aromatic carbocycles. The van der Waals surface area contributed by atoms with E-state index in [0.717, 1.165) is 11.1 Å². The Morgan fingerprint density at radius 3 is 2.55 bits per heavy atom. The van der Waals surface area contributed by atoms with Gasteiger partial charge in [-0.1, -0.05) is 32.0 Å². The van der Waals surface area contributed by atoms with Gasteiger partial charge in [0.1, 0.15) is 6.54 Å². The molecule has 0 atom stereocenters. The lowest BCUT2D eigenvalue weighted by Gasteiger charge is -2.13. The van der Waals surface area contributed by atoms with Gasteiger partial charge >= 0.3 is 5.76 Å². The summed E-state index contributed by atoms with van der Waals surface area (Å²) in [5.74, 6) is -0.471. The highest BCUT2D eigenvalue weighted by Crippen LogP contribution is 2.28. The van der Waals surface area contributed by atoms with Gasteiger partial charge in [-0.25, -0.2) is 4.79 Å². The van der Waals surface area contributed by atoms with Gasteiger partial charge < -0.3 is 13.9 Å². The molecule has 0 bridgehead atoms. The zero-order valence-electron chi connectivity index (χ0n) is 18.7. The van der Waals surface area contributed by atoms with E-state index in [2.05, 4.69) is 29.8 Å². The van der Waals surface area contributed by atoms with Crippen LogP contribution in [0, 0.1) is 5.92 Å². The summed E-state index contributed by atoms with van der Waals surface area (Å²) >= 11 is 0. The van der Waals surface area contributed by atoms with Gasteiger partial charge in [-0.3, -0.25) is 20.4 Å². The van der Waals surface area contributed by atoms with Crippen LogP contribution in [0.2, 0.25) is 0 Å². The number of carbonyl (C=O) groups is 2. The van der Waals surface area contributed by atoms with Crippen molar-refractivity contribution in [3.8, 4) is 23.0 Å². The van der Waals surface area contributed by atoms with Crippen molar-refractivity contribution in [1.29, 1.82) is 0 Å². The van der Waals surface area contributed by atoms with Gasteiger partial charge in [0.05, 0.1) is 13.7 Å². The van der Waals surface area contributed by atoms with Crippen molar-refractivity contribution in [3.63, 3.8) is 0 Å². The molecular weight excluding hydrogens is 428 g/mol. The Labute approximate surface area is 190 Å². The molecule has 3 rings (SSSR count). The highest BCUT2D eigenvalue weighted by atomic mass is 16.5. The fourth-order valence-corrected chi connectivity index (χ4v) is 2.81. The molecule has 0 unspecified atom stereocenters. The van der Waals surface area contributed by atoms with Crippen molar-refractivity contribution in [2.45, 2.75) is 26.8 Å². The molecule has 3 aromatic rings. The van der Waals surface area contributed by atoms with Crippen LogP contribution < -0.4 is 26.1 Å². The fraction of sp³-hybridized carbons (Fsp3) is 0.304. The van der Waals surface area contributed by atoms with Crippen molar-refractivity contribution in [2.24, 2.45) is 5.92 Å². The summed E-state index contributed by atoms with van der Waals surface area (Å²) in [6.07, 6.45) is 0.888. The van der Waals surface area contributed by atoms with Gasteiger partial charge in [0.25, 0.3) is 11.8 Å². The van der Waals surface area contributed by atoms with E-state index in [4.69, 9.17) is 13.9 Å².